The second-order valence-corrected chi connectivity index (χ2v) is 8.62. The molecule has 0 aliphatic rings. The van der Waals surface area contributed by atoms with Crippen molar-refractivity contribution in [3.63, 3.8) is 0 Å². The summed E-state index contributed by atoms with van der Waals surface area (Å²) >= 11 is 0. The van der Waals surface area contributed by atoms with Gasteiger partial charge < -0.3 is 14.6 Å². The Kier molecular flexibility index (Phi) is 8.61. The Labute approximate surface area is 197 Å². The molecule has 3 rings (SSSR count). The number of aromatic nitrogens is 4. The van der Waals surface area contributed by atoms with E-state index < -0.39 is 11.2 Å². The lowest BCUT2D eigenvalue weighted by atomic mass is 10.2. The molecule has 34 heavy (non-hydrogen) atoms. The third-order valence-corrected chi connectivity index (χ3v) is 5.33. The molecule has 184 valence electrons. The highest BCUT2D eigenvalue weighted by atomic mass is 19.1. The van der Waals surface area contributed by atoms with Crippen molar-refractivity contribution in [2.45, 2.75) is 59.5 Å². The average molecular weight is 474 g/mol. The Morgan fingerprint density at radius 3 is 2.62 bits per heavy atom. The fourth-order valence-electron chi connectivity index (χ4n) is 3.70. The van der Waals surface area contributed by atoms with Crippen molar-refractivity contribution in [2.75, 3.05) is 13.2 Å². The van der Waals surface area contributed by atoms with E-state index in [2.05, 4.69) is 15.3 Å². The van der Waals surface area contributed by atoms with Gasteiger partial charge in [0.15, 0.2) is 11.2 Å². The number of ether oxygens (including phenoxy) is 1. The van der Waals surface area contributed by atoms with E-state index in [1.54, 1.807) is 0 Å². The molecule has 0 unspecified atom stereocenters. The molecule has 1 aromatic carbocycles. The summed E-state index contributed by atoms with van der Waals surface area (Å²) in [4.78, 5) is 44.5. The Balaban J connectivity index is 1.69. The third-order valence-electron chi connectivity index (χ3n) is 5.33. The molecule has 10 heteroatoms. The van der Waals surface area contributed by atoms with Crippen LogP contribution in [0.1, 0.15) is 45.9 Å². The number of aryl methyl sites for hydroxylation is 2. The number of nitrogens with zero attached hydrogens (tertiary/aromatic N) is 3. The molecule has 2 aromatic heterocycles. The first kappa shape index (κ1) is 25.2. The maximum Gasteiger partial charge on any atom is 0.330 e. The molecule has 0 bridgehead atoms. The molecule has 0 fully saturated rings. The predicted molar refractivity (Wildman–Crippen MR) is 128 cm³/mol. The van der Waals surface area contributed by atoms with Crippen LogP contribution in [0.4, 0.5) is 4.39 Å². The maximum atomic E-state index is 12.9. The molecule has 0 aliphatic carbocycles. The zero-order chi connectivity index (χ0) is 24.7. The van der Waals surface area contributed by atoms with Gasteiger partial charge in [0, 0.05) is 25.9 Å². The zero-order valence-electron chi connectivity index (χ0n) is 19.9. The third kappa shape index (κ3) is 6.33. The van der Waals surface area contributed by atoms with E-state index in [1.165, 1.54) is 28.8 Å². The highest BCUT2D eigenvalue weighted by Gasteiger charge is 2.19. The predicted octanol–water partition coefficient (Wildman–Crippen LogP) is 2.61. The van der Waals surface area contributed by atoms with Crippen molar-refractivity contribution in [3.8, 4) is 5.75 Å². The Bertz CT molecular complexity index is 1230. The number of unbranched alkanes of at least 4 members (excludes halogenated alkanes) is 1. The lowest BCUT2D eigenvalue weighted by Crippen LogP contribution is -2.31. The largest absolute Gasteiger partial charge is 0.492 e. The standard InChI is InChI=1S/C24H32FN5O4/c1-4-5-13-29-22-21(23(32)28-24(29)33)30(15-16(2)3)19(27-22)10-11-20(31)26-12-14-34-18-8-6-17(25)7-9-18/h6-9,16H,4-5,10-15H2,1-3H3,(H,26,31)(H,28,32,33). The van der Waals surface area contributed by atoms with Crippen molar-refractivity contribution in [1.29, 1.82) is 0 Å². The first-order valence-corrected chi connectivity index (χ1v) is 11.7. The number of nitrogens with one attached hydrogen (secondary N) is 2. The van der Waals surface area contributed by atoms with Crippen molar-refractivity contribution in [2.24, 2.45) is 5.92 Å². The van der Waals surface area contributed by atoms with Crippen LogP contribution >= 0.6 is 0 Å². The van der Waals surface area contributed by atoms with E-state index in [0.29, 0.717) is 48.8 Å². The van der Waals surface area contributed by atoms with Crippen LogP contribution in [0.15, 0.2) is 33.9 Å². The van der Waals surface area contributed by atoms with Crippen molar-refractivity contribution in [1.82, 2.24) is 24.4 Å². The summed E-state index contributed by atoms with van der Waals surface area (Å²) in [5, 5.41) is 2.79. The van der Waals surface area contributed by atoms with Gasteiger partial charge in [-0.1, -0.05) is 27.2 Å². The number of amides is 1. The number of fused-ring (bicyclic) bond motifs is 1. The first-order chi connectivity index (χ1) is 16.3. The van der Waals surface area contributed by atoms with Crippen LogP contribution in [0, 0.1) is 11.7 Å². The number of H-pyrrole nitrogens is 1. The van der Waals surface area contributed by atoms with Crippen molar-refractivity contribution < 1.29 is 13.9 Å². The first-order valence-electron chi connectivity index (χ1n) is 11.7. The zero-order valence-corrected chi connectivity index (χ0v) is 19.9. The van der Waals surface area contributed by atoms with E-state index in [9.17, 15) is 18.8 Å². The molecule has 0 saturated heterocycles. The van der Waals surface area contributed by atoms with Crippen molar-refractivity contribution >= 4 is 17.1 Å². The smallest absolute Gasteiger partial charge is 0.330 e. The minimum absolute atomic E-state index is 0.176. The Morgan fingerprint density at radius 1 is 1.21 bits per heavy atom. The van der Waals surface area contributed by atoms with Crippen LogP contribution in [0.3, 0.4) is 0 Å². The molecule has 0 spiro atoms. The molecule has 9 nitrogen and oxygen atoms in total. The monoisotopic (exact) mass is 473 g/mol. The normalized spacial score (nSPS) is 11.3. The molecular weight excluding hydrogens is 441 g/mol. The van der Waals surface area contributed by atoms with Gasteiger partial charge in [-0.25, -0.2) is 14.2 Å². The molecule has 0 atom stereocenters. The molecular formula is C24H32FN5O4. The van der Waals surface area contributed by atoms with Crippen LogP contribution in [0.5, 0.6) is 5.75 Å². The van der Waals surface area contributed by atoms with E-state index >= 15 is 0 Å². The van der Waals surface area contributed by atoms with Gasteiger partial charge in [-0.15, -0.1) is 0 Å². The Morgan fingerprint density at radius 2 is 1.94 bits per heavy atom. The maximum absolute atomic E-state index is 12.9. The summed E-state index contributed by atoms with van der Waals surface area (Å²) in [6.45, 7) is 7.66. The number of rotatable bonds is 12. The number of benzene rings is 1. The van der Waals surface area contributed by atoms with Crippen LogP contribution < -0.4 is 21.3 Å². The molecule has 0 saturated carbocycles. The summed E-state index contributed by atoms with van der Waals surface area (Å²) in [7, 11) is 0. The topological polar surface area (TPSA) is 111 Å². The van der Waals surface area contributed by atoms with Gasteiger partial charge >= 0.3 is 5.69 Å². The van der Waals surface area contributed by atoms with Crippen LogP contribution in [-0.2, 0) is 24.3 Å². The number of aromatic amines is 1. The van der Waals surface area contributed by atoms with Crippen LogP contribution in [0.25, 0.3) is 11.2 Å². The van der Waals surface area contributed by atoms with Gasteiger partial charge in [-0.05, 0) is 36.6 Å². The van der Waals surface area contributed by atoms with E-state index in [1.807, 2.05) is 25.3 Å². The van der Waals surface area contributed by atoms with Gasteiger partial charge in [-0.2, -0.15) is 0 Å². The molecule has 0 aliphatic heterocycles. The van der Waals surface area contributed by atoms with Crippen molar-refractivity contribution in [3.05, 3.63) is 56.7 Å². The number of hydrogen-bond donors (Lipinski definition) is 2. The number of halogens is 1. The lowest BCUT2D eigenvalue weighted by Gasteiger charge is -2.12. The molecule has 2 heterocycles. The Hall–Kier alpha value is -3.43. The number of hydrogen-bond acceptors (Lipinski definition) is 5. The van der Waals surface area contributed by atoms with Gasteiger partial charge in [0.1, 0.15) is 24.0 Å². The average Bonchev–Trinajstić information content (AvgIpc) is 3.14. The summed E-state index contributed by atoms with van der Waals surface area (Å²) < 4.78 is 21.7. The fraction of sp³-hybridized carbons (Fsp3) is 0.500. The quantitative estimate of drug-likeness (QED) is 0.393. The van der Waals surface area contributed by atoms with Crippen LogP contribution in [0.2, 0.25) is 0 Å². The summed E-state index contributed by atoms with van der Waals surface area (Å²) in [5.74, 6) is 0.848. The minimum Gasteiger partial charge on any atom is -0.492 e. The lowest BCUT2D eigenvalue weighted by molar-refractivity contribution is -0.121. The fourth-order valence-corrected chi connectivity index (χ4v) is 3.70. The minimum atomic E-state index is -0.467. The second kappa shape index (κ2) is 11.6. The van der Waals surface area contributed by atoms with E-state index in [4.69, 9.17) is 4.74 Å². The molecule has 2 N–H and O–H groups in total. The van der Waals surface area contributed by atoms with E-state index in [0.717, 1.165) is 12.8 Å². The molecule has 3 aromatic rings. The van der Waals surface area contributed by atoms with Gasteiger partial charge in [0.05, 0.1) is 6.54 Å². The van der Waals surface area contributed by atoms with E-state index in [-0.39, 0.29) is 30.7 Å². The second-order valence-electron chi connectivity index (χ2n) is 8.62. The molecule has 1 amide bonds. The summed E-state index contributed by atoms with van der Waals surface area (Å²) in [6, 6.07) is 5.67. The van der Waals surface area contributed by atoms with Crippen LogP contribution in [-0.4, -0.2) is 38.2 Å². The highest BCUT2D eigenvalue weighted by molar-refractivity contribution is 5.76. The number of imidazole rings is 1. The highest BCUT2D eigenvalue weighted by Crippen LogP contribution is 2.16. The molecule has 0 radical (unpaired) electrons. The SMILES string of the molecule is CCCCn1c(=O)[nH]c(=O)c2c1nc(CCC(=O)NCCOc1ccc(F)cc1)n2CC(C)C. The van der Waals surface area contributed by atoms with Gasteiger partial charge in [0.25, 0.3) is 5.56 Å². The number of carbonyl (C=O) groups is 1. The van der Waals surface area contributed by atoms with Gasteiger partial charge in [-0.3, -0.25) is 19.1 Å². The van der Waals surface area contributed by atoms with Gasteiger partial charge in [0.2, 0.25) is 5.91 Å². The number of carbonyl (C=O) groups excluding carboxylic acids is 1. The summed E-state index contributed by atoms with van der Waals surface area (Å²) in [6.07, 6.45) is 2.19. The summed E-state index contributed by atoms with van der Waals surface area (Å²) in [5.41, 5.74) is -0.196.